The highest BCUT2D eigenvalue weighted by Crippen LogP contribution is 2.25. The molecule has 0 radical (unpaired) electrons. The Hall–Kier alpha value is -1.25. The maximum absolute atomic E-state index is 12.5. The Balaban J connectivity index is 2.06. The zero-order valence-corrected chi connectivity index (χ0v) is 13.0. The molecular weight excluding hydrogens is 292 g/mol. The monoisotopic (exact) mass is 314 g/mol. The fourth-order valence-corrected chi connectivity index (χ4v) is 3.78. The van der Waals surface area contributed by atoms with Crippen molar-refractivity contribution < 1.29 is 13.5 Å². The molecular formula is C13H22N4O3S. The topological polar surface area (TPSA) is 95.4 Å². The number of sulfonamides is 1. The third-order valence-corrected chi connectivity index (χ3v) is 5.40. The number of nitrogens with zero attached hydrogens (tertiary/aromatic N) is 3. The number of aromatic nitrogens is 2. The van der Waals surface area contributed by atoms with Gasteiger partial charge < -0.3 is 10.4 Å². The molecule has 0 bridgehead atoms. The minimum atomic E-state index is -3.53. The van der Waals surface area contributed by atoms with Crippen LogP contribution >= 0.6 is 0 Å². The van der Waals surface area contributed by atoms with Crippen LogP contribution in [0.25, 0.3) is 0 Å². The van der Waals surface area contributed by atoms with E-state index in [1.165, 1.54) is 16.7 Å². The van der Waals surface area contributed by atoms with Gasteiger partial charge >= 0.3 is 0 Å². The van der Waals surface area contributed by atoms with E-state index in [1.807, 2.05) is 6.92 Å². The summed E-state index contributed by atoms with van der Waals surface area (Å²) < 4.78 is 26.4. The van der Waals surface area contributed by atoms with E-state index in [-0.39, 0.29) is 17.4 Å². The number of hydrogen-bond donors (Lipinski definition) is 2. The molecule has 118 valence electrons. The first-order valence-corrected chi connectivity index (χ1v) is 8.69. The van der Waals surface area contributed by atoms with Crippen LogP contribution in [-0.4, -0.2) is 54.0 Å². The lowest BCUT2D eigenvalue weighted by Crippen LogP contribution is -2.29. The Morgan fingerprint density at radius 3 is 2.76 bits per heavy atom. The lowest BCUT2D eigenvalue weighted by molar-refractivity contribution is 0.259. The van der Waals surface area contributed by atoms with Gasteiger partial charge in [0.15, 0.2) is 0 Å². The van der Waals surface area contributed by atoms with E-state index in [9.17, 15) is 8.42 Å². The lowest BCUT2D eigenvalue weighted by atomic mass is 10.1. The molecule has 2 N–H and O–H groups in total. The molecule has 1 aliphatic heterocycles. The highest BCUT2D eigenvalue weighted by molar-refractivity contribution is 7.89. The number of aliphatic hydroxyl groups excluding tert-OH is 1. The maximum atomic E-state index is 12.5. The number of hydrogen-bond acceptors (Lipinski definition) is 6. The van der Waals surface area contributed by atoms with Crippen LogP contribution < -0.4 is 5.32 Å². The molecule has 2 rings (SSSR count). The Morgan fingerprint density at radius 2 is 2.14 bits per heavy atom. The number of nitrogens with one attached hydrogen (secondary N) is 1. The fraction of sp³-hybridized carbons (Fsp3) is 0.692. The highest BCUT2D eigenvalue weighted by atomic mass is 32.2. The van der Waals surface area contributed by atoms with E-state index >= 15 is 0 Å². The zero-order valence-electron chi connectivity index (χ0n) is 12.2. The molecule has 1 aromatic heterocycles. The number of anilines is 1. The molecule has 0 saturated carbocycles. The van der Waals surface area contributed by atoms with E-state index in [2.05, 4.69) is 15.3 Å². The molecule has 21 heavy (non-hydrogen) atoms. The van der Waals surface area contributed by atoms with Gasteiger partial charge in [0.2, 0.25) is 16.0 Å². The van der Waals surface area contributed by atoms with Crippen LogP contribution in [-0.2, 0) is 10.0 Å². The zero-order chi connectivity index (χ0) is 15.3. The van der Waals surface area contributed by atoms with E-state index in [0.29, 0.717) is 25.5 Å². The van der Waals surface area contributed by atoms with Gasteiger partial charge in [0.05, 0.1) is 12.4 Å². The van der Waals surface area contributed by atoms with Crippen LogP contribution in [0.3, 0.4) is 0 Å². The molecule has 8 heteroatoms. The molecule has 0 spiro atoms. The second kappa shape index (κ2) is 7.15. The Bertz CT molecular complexity index is 547. The normalized spacial score (nSPS) is 19.8. The minimum absolute atomic E-state index is 0.0967. The van der Waals surface area contributed by atoms with Crippen LogP contribution in [0.5, 0.6) is 0 Å². The molecule has 0 aromatic carbocycles. The highest BCUT2D eigenvalue weighted by Gasteiger charge is 2.32. The second-order valence-corrected chi connectivity index (χ2v) is 7.14. The number of rotatable bonds is 7. The van der Waals surface area contributed by atoms with Crippen LogP contribution in [0.4, 0.5) is 5.95 Å². The maximum Gasteiger partial charge on any atom is 0.246 e. The first-order valence-electron chi connectivity index (χ1n) is 7.25. The van der Waals surface area contributed by atoms with Crippen molar-refractivity contribution in [3.05, 3.63) is 12.4 Å². The predicted octanol–water partition coefficient (Wildman–Crippen LogP) is 0.691. The molecule has 1 unspecified atom stereocenters. The van der Waals surface area contributed by atoms with E-state index < -0.39 is 10.0 Å². The molecule has 7 nitrogen and oxygen atoms in total. The van der Waals surface area contributed by atoms with Gasteiger partial charge in [-0.25, -0.2) is 18.4 Å². The molecule has 1 aliphatic rings. The largest absolute Gasteiger partial charge is 0.396 e. The average molecular weight is 314 g/mol. The smallest absolute Gasteiger partial charge is 0.246 e. The summed E-state index contributed by atoms with van der Waals surface area (Å²) in [5.74, 6) is 0.673. The van der Waals surface area contributed by atoms with Crippen molar-refractivity contribution in [1.29, 1.82) is 0 Å². The fourth-order valence-electron chi connectivity index (χ4n) is 2.36. The van der Waals surface area contributed by atoms with Crippen LogP contribution in [0.1, 0.15) is 26.2 Å². The minimum Gasteiger partial charge on any atom is -0.396 e. The van der Waals surface area contributed by atoms with Gasteiger partial charge in [0.25, 0.3) is 0 Å². The van der Waals surface area contributed by atoms with Gasteiger partial charge in [0.1, 0.15) is 4.90 Å². The third kappa shape index (κ3) is 3.90. The third-order valence-electron chi connectivity index (χ3n) is 3.58. The van der Waals surface area contributed by atoms with Gasteiger partial charge in [-0.05, 0) is 25.2 Å². The van der Waals surface area contributed by atoms with Gasteiger partial charge in [-0.2, -0.15) is 4.31 Å². The van der Waals surface area contributed by atoms with Crippen LogP contribution in [0, 0.1) is 5.92 Å². The van der Waals surface area contributed by atoms with Gasteiger partial charge in [-0.15, -0.1) is 0 Å². The van der Waals surface area contributed by atoms with Crippen LogP contribution in [0.2, 0.25) is 0 Å². The predicted molar refractivity (Wildman–Crippen MR) is 79.4 cm³/mol. The Labute approximate surface area is 125 Å². The van der Waals surface area contributed by atoms with Crippen LogP contribution in [0.15, 0.2) is 17.3 Å². The number of aliphatic hydroxyl groups is 1. The van der Waals surface area contributed by atoms with Crippen molar-refractivity contribution in [2.75, 3.05) is 31.6 Å². The Morgan fingerprint density at radius 1 is 1.43 bits per heavy atom. The summed E-state index contributed by atoms with van der Waals surface area (Å²) in [5, 5.41) is 11.9. The average Bonchev–Trinajstić information content (AvgIpc) is 2.95. The summed E-state index contributed by atoms with van der Waals surface area (Å²) in [4.78, 5) is 8.20. The van der Waals surface area contributed by atoms with Crippen molar-refractivity contribution in [2.45, 2.75) is 31.1 Å². The first kappa shape index (κ1) is 16.1. The quantitative estimate of drug-likeness (QED) is 0.769. The first-order chi connectivity index (χ1) is 10.1. The van der Waals surface area contributed by atoms with Crippen molar-refractivity contribution in [2.24, 2.45) is 5.92 Å². The van der Waals surface area contributed by atoms with Crippen molar-refractivity contribution in [3.8, 4) is 0 Å². The van der Waals surface area contributed by atoms with Crippen molar-refractivity contribution >= 4 is 16.0 Å². The van der Waals surface area contributed by atoms with Crippen molar-refractivity contribution in [3.63, 3.8) is 0 Å². The summed E-state index contributed by atoms with van der Waals surface area (Å²) in [6.07, 6.45) is 5.07. The summed E-state index contributed by atoms with van der Waals surface area (Å²) in [6.45, 7) is 3.82. The lowest BCUT2D eigenvalue weighted by Gasteiger charge is -2.16. The summed E-state index contributed by atoms with van der Waals surface area (Å²) in [6, 6.07) is 0. The summed E-state index contributed by atoms with van der Waals surface area (Å²) >= 11 is 0. The SMILES string of the molecule is CCCNc1ncc(S(=O)(=O)N2CCC(CCO)C2)cn1. The Kier molecular flexibility index (Phi) is 5.49. The van der Waals surface area contributed by atoms with Gasteiger partial charge in [-0.3, -0.25) is 0 Å². The summed E-state index contributed by atoms with van der Waals surface area (Å²) in [5.41, 5.74) is 0. The van der Waals surface area contributed by atoms with E-state index in [1.54, 1.807) is 0 Å². The second-order valence-electron chi connectivity index (χ2n) is 5.20. The molecule has 2 heterocycles. The molecule has 1 aromatic rings. The molecule has 1 atom stereocenters. The van der Waals surface area contributed by atoms with E-state index in [0.717, 1.165) is 19.4 Å². The van der Waals surface area contributed by atoms with Gasteiger partial charge in [0, 0.05) is 26.2 Å². The van der Waals surface area contributed by atoms with E-state index in [4.69, 9.17) is 5.11 Å². The molecule has 1 fully saturated rings. The molecule has 0 aliphatic carbocycles. The standard InChI is InChI=1S/C13H22N4O3S/c1-2-5-14-13-15-8-12(9-16-13)21(19,20)17-6-3-11(10-17)4-7-18/h8-9,11,18H,2-7,10H2,1H3,(H,14,15,16). The summed E-state index contributed by atoms with van der Waals surface area (Å²) in [7, 11) is -3.53. The van der Waals surface area contributed by atoms with Gasteiger partial charge in [-0.1, -0.05) is 6.92 Å². The van der Waals surface area contributed by atoms with Crippen molar-refractivity contribution in [1.82, 2.24) is 14.3 Å². The molecule has 1 saturated heterocycles. The molecule has 0 amide bonds.